The zero-order valence-corrected chi connectivity index (χ0v) is 11.4. The third-order valence-electron chi connectivity index (χ3n) is 2.03. The number of carbonyl (C=O) groups is 1. The Kier molecular flexibility index (Phi) is 3.96. The van der Waals surface area contributed by atoms with Gasteiger partial charge < -0.3 is 9.84 Å². The monoisotopic (exact) mass is 346 g/mol. The minimum absolute atomic E-state index is 0.0700. The summed E-state index contributed by atoms with van der Waals surface area (Å²) in [5.41, 5.74) is -0.226. The standard InChI is InChI=1S/C11H5BrClFN2O3/c12-5-3-6(13)7(14)4-9(5)19-11-15-2-1-8(16-11)10(17)18/h1-4H,(H,17,18). The lowest BCUT2D eigenvalue weighted by atomic mass is 10.3. The van der Waals surface area contributed by atoms with Crippen LogP contribution >= 0.6 is 27.5 Å². The third kappa shape index (κ3) is 3.18. The minimum atomic E-state index is -1.21. The van der Waals surface area contributed by atoms with E-state index in [9.17, 15) is 9.18 Å². The van der Waals surface area contributed by atoms with Gasteiger partial charge in [0.05, 0.1) is 9.50 Å². The van der Waals surface area contributed by atoms with E-state index in [-0.39, 0.29) is 22.5 Å². The summed E-state index contributed by atoms with van der Waals surface area (Å²) in [6, 6.07) is 3.37. The molecular formula is C11H5BrClFN2O3. The van der Waals surface area contributed by atoms with Crippen LogP contribution in [-0.2, 0) is 0 Å². The van der Waals surface area contributed by atoms with Crippen molar-refractivity contribution in [2.24, 2.45) is 0 Å². The predicted molar refractivity (Wildman–Crippen MR) is 68.2 cm³/mol. The summed E-state index contributed by atoms with van der Waals surface area (Å²) in [4.78, 5) is 18.1. The van der Waals surface area contributed by atoms with Crippen molar-refractivity contribution < 1.29 is 19.0 Å². The Hall–Kier alpha value is -1.73. The maximum Gasteiger partial charge on any atom is 0.354 e. The molecule has 0 amide bonds. The lowest BCUT2D eigenvalue weighted by molar-refractivity contribution is 0.0689. The van der Waals surface area contributed by atoms with Crippen LogP contribution in [0.4, 0.5) is 4.39 Å². The largest absolute Gasteiger partial charge is 0.477 e. The SMILES string of the molecule is O=C(O)c1ccnc(Oc2cc(F)c(Cl)cc2Br)n1. The number of benzene rings is 1. The van der Waals surface area contributed by atoms with Crippen molar-refractivity contribution in [3.63, 3.8) is 0 Å². The molecule has 8 heteroatoms. The van der Waals surface area contributed by atoms with E-state index in [2.05, 4.69) is 25.9 Å². The van der Waals surface area contributed by atoms with Crippen molar-refractivity contribution >= 4 is 33.5 Å². The molecule has 2 rings (SSSR count). The molecule has 0 spiro atoms. The van der Waals surface area contributed by atoms with Gasteiger partial charge in [-0.1, -0.05) is 11.6 Å². The average molecular weight is 348 g/mol. The quantitative estimate of drug-likeness (QED) is 0.860. The number of ether oxygens (including phenoxy) is 1. The molecule has 1 heterocycles. The molecule has 0 fully saturated rings. The van der Waals surface area contributed by atoms with Gasteiger partial charge in [0.15, 0.2) is 5.69 Å². The van der Waals surface area contributed by atoms with Gasteiger partial charge in [-0.15, -0.1) is 0 Å². The molecule has 0 atom stereocenters. The van der Waals surface area contributed by atoms with Crippen molar-refractivity contribution in [1.29, 1.82) is 0 Å². The topological polar surface area (TPSA) is 72.3 Å². The second-order valence-electron chi connectivity index (χ2n) is 3.33. The number of hydrogen-bond acceptors (Lipinski definition) is 4. The molecule has 0 aliphatic rings. The van der Waals surface area contributed by atoms with Crippen LogP contribution in [0.25, 0.3) is 0 Å². The first kappa shape index (κ1) is 13.7. The number of rotatable bonds is 3. The Morgan fingerprint density at radius 1 is 1.47 bits per heavy atom. The molecular weight excluding hydrogens is 342 g/mol. The van der Waals surface area contributed by atoms with E-state index < -0.39 is 11.8 Å². The predicted octanol–water partition coefficient (Wildman–Crippen LogP) is 3.52. The second-order valence-corrected chi connectivity index (χ2v) is 4.59. The lowest BCUT2D eigenvalue weighted by Crippen LogP contribution is -2.02. The third-order valence-corrected chi connectivity index (χ3v) is 2.94. The molecule has 0 saturated carbocycles. The molecule has 1 N–H and O–H groups in total. The highest BCUT2D eigenvalue weighted by Crippen LogP contribution is 2.32. The smallest absolute Gasteiger partial charge is 0.354 e. The molecule has 5 nitrogen and oxygen atoms in total. The molecule has 98 valence electrons. The van der Waals surface area contributed by atoms with Gasteiger partial charge in [0.1, 0.15) is 11.6 Å². The van der Waals surface area contributed by atoms with E-state index in [1.807, 2.05) is 0 Å². The van der Waals surface area contributed by atoms with Crippen LogP contribution in [-0.4, -0.2) is 21.0 Å². The Balaban J connectivity index is 2.33. The number of carboxylic acids is 1. The van der Waals surface area contributed by atoms with Gasteiger partial charge in [-0.05, 0) is 28.1 Å². The molecule has 19 heavy (non-hydrogen) atoms. The van der Waals surface area contributed by atoms with Crippen LogP contribution in [0, 0.1) is 5.82 Å². The van der Waals surface area contributed by atoms with E-state index in [4.69, 9.17) is 21.4 Å². The molecule has 0 radical (unpaired) electrons. The number of aromatic nitrogens is 2. The molecule has 0 aliphatic carbocycles. The van der Waals surface area contributed by atoms with Crippen molar-refractivity contribution in [3.05, 3.63) is 45.4 Å². The van der Waals surface area contributed by atoms with E-state index in [0.29, 0.717) is 4.47 Å². The number of nitrogens with zero attached hydrogens (tertiary/aromatic N) is 2. The van der Waals surface area contributed by atoms with E-state index >= 15 is 0 Å². The van der Waals surface area contributed by atoms with Gasteiger partial charge in [0.2, 0.25) is 0 Å². The Morgan fingerprint density at radius 2 is 2.21 bits per heavy atom. The number of hydrogen-bond donors (Lipinski definition) is 1. The van der Waals surface area contributed by atoms with Gasteiger partial charge in [-0.3, -0.25) is 0 Å². The van der Waals surface area contributed by atoms with Gasteiger partial charge in [0.25, 0.3) is 0 Å². The molecule has 1 aromatic carbocycles. The number of halogens is 3. The summed E-state index contributed by atoms with van der Waals surface area (Å²) in [7, 11) is 0. The van der Waals surface area contributed by atoms with Crippen LogP contribution in [0.3, 0.4) is 0 Å². The molecule has 1 aromatic heterocycles. The van der Waals surface area contributed by atoms with Gasteiger partial charge >= 0.3 is 12.0 Å². The summed E-state index contributed by atoms with van der Waals surface area (Å²) in [5.74, 6) is -1.80. The van der Waals surface area contributed by atoms with Crippen LogP contribution in [0.5, 0.6) is 11.8 Å². The highest BCUT2D eigenvalue weighted by Gasteiger charge is 2.12. The fourth-order valence-corrected chi connectivity index (χ4v) is 1.91. The summed E-state index contributed by atoms with van der Waals surface area (Å²) >= 11 is 8.72. The summed E-state index contributed by atoms with van der Waals surface area (Å²) in [5, 5.41) is 8.71. The average Bonchev–Trinajstić information content (AvgIpc) is 2.36. The summed E-state index contributed by atoms with van der Waals surface area (Å²) < 4.78 is 18.9. The van der Waals surface area contributed by atoms with E-state index in [0.717, 1.165) is 6.07 Å². The summed E-state index contributed by atoms with van der Waals surface area (Å²) in [6.07, 6.45) is 1.23. The van der Waals surface area contributed by atoms with E-state index in [1.165, 1.54) is 18.3 Å². The normalized spacial score (nSPS) is 10.3. The van der Waals surface area contributed by atoms with Gasteiger partial charge in [-0.2, -0.15) is 4.98 Å². The zero-order chi connectivity index (χ0) is 14.0. The van der Waals surface area contributed by atoms with Crippen LogP contribution in [0.15, 0.2) is 28.9 Å². The van der Waals surface area contributed by atoms with Gasteiger partial charge in [-0.25, -0.2) is 14.2 Å². The molecule has 0 aliphatic heterocycles. The van der Waals surface area contributed by atoms with Crippen LogP contribution < -0.4 is 4.74 Å². The molecule has 0 unspecified atom stereocenters. The highest BCUT2D eigenvalue weighted by atomic mass is 79.9. The Morgan fingerprint density at radius 3 is 2.89 bits per heavy atom. The molecule has 0 bridgehead atoms. The van der Waals surface area contributed by atoms with Gasteiger partial charge in [0, 0.05) is 12.3 Å². The summed E-state index contributed by atoms with van der Waals surface area (Å²) in [6.45, 7) is 0. The van der Waals surface area contributed by atoms with Crippen molar-refractivity contribution in [2.45, 2.75) is 0 Å². The minimum Gasteiger partial charge on any atom is -0.477 e. The first-order chi connectivity index (χ1) is 8.97. The Bertz CT molecular complexity index is 654. The first-order valence-electron chi connectivity index (χ1n) is 4.86. The van der Waals surface area contributed by atoms with E-state index in [1.54, 1.807) is 0 Å². The Labute approximate surface area is 120 Å². The molecule has 0 saturated heterocycles. The van der Waals surface area contributed by atoms with Crippen molar-refractivity contribution in [3.8, 4) is 11.8 Å². The van der Waals surface area contributed by atoms with Crippen molar-refractivity contribution in [2.75, 3.05) is 0 Å². The molecule has 2 aromatic rings. The maximum absolute atomic E-state index is 13.3. The zero-order valence-electron chi connectivity index (χ0n) is 9.10. The highest BCUT2D eigenvalue weighted by molar-refractivity contribution is 9.10. The number of aromatic carboxylic acids is 1. The van der Waals surface area contributed by atoms with Crippen LogP contribution in [0.2, 0.25) is 5.02 Å². The lowest BCUT2D eigenvalue weighted by Gasteiger charge is -2.07. The number of carboxylic acid groups (broad SMARTS) is 1. The first-order valence-corrected chi connectivity index (χ1v) is 6.03. The van der Waals surface area contributed by atoms with Crippen LogP contribution in [0.1, 0.15) is 10.5 Å². The fourth-order valence-electron chi connectivity index (χ4n) is 1.19. The fraction of sp³-hybridized carbons (Fsp3) is 0. The second kappa shape index (κ2) is 5.50. The van der Waals surface area contributed by atoms with Crippen molar-refractivity contribution in [1.82, 2.24) is 9.97 Å². The maximum atomic E-state index is 13.3.